The van der Waals surface area contributed by atoms with Crippen molar-refractivity contribution in [1.82, 2.24) is 9.80 Å². The quantitative estimate of drug-likeness (QED) is 0.830. The Morgan fingerprint density at radius 1 is 1.25 bits per heavy atom. The molecule has 0 bridgehead atoms. The van der Waals surface area contributed by atoms with Crippen molar-refractivity contribution in [3.05, 3.63) is 35.6 Å². The molecule has 2 amide bonds. The van der Waals surface area contributed by atoms with E-state index in [1.165, 1.54) is 24.3 Å². The van der Waals surface area contributed by atoms with Crippen molar-refractivity contribution in [2.24, 2.45) is 5.41 Å². The maximum Gasteiger partial charge on any atom is 0.253 e. The lowest BCUT2D eigenvalue weighted by Crippen LogP contribution is -2.46. The summed E-state index contributed by atoms with van der Waals surface area (Å²) in [7, 11) is 0. The minimum Gasteiger partial charge on any atom is -0.371 e. The molecule has 1 aromatic rings. The van der Waals surface area contributed by atoms with Crippen LogP contribution in [0.5, 0.6) is 0 Å². The van der Waals surface area contributed by atoms with Gasteiger partial charge in [0.1, 0.15) is 12.4 Å². The van der Waals surface area contributed by atoms with Gasteiger partial charge in [0.05, 0.1) is 6.61 Å². The molecule has 2 aliphatic heterocycles. The van der Waals surface area contributed by atoms with Crippen LogP contribution in [0.2, 0.25) is 0 Å². The molecule has 0 N–H and O–H groups in total. The van der Waals surface area contributed by atoms with E-state index in [0.717, 1.165) is 6.42 Å². The molecule has 1 spiro atoms. The third-order valence-corrected chi connectivity index (χ3v) is 4.90. The molecule has 0 aliphatic carbocycles. The van der Waals surface area contributed by atoms with E-state index in [1.54, 1.807) is 4.90 Å². The number of carbonyl (C=O) groups is 2. The fourth-order valence-corrected chi connectivity index (χ4v) is 3.53. The van der Waals surface area contributed by atoms with E-state index < -0.39 is 0 Å². The van der Waals surface area contributed by atoms with Crippen LogP contribution in [-0.4, -0.2) is 60.5 Å². The molecule has 6 heteroatoms. The van der Waals surface area contributed by atoms with Crippen LogP contribution in [0.25, 0.3) is 0 Å². The van der Waals surface area contributed by atoms with Gasteiger partial charge in [0.25, 0.3) is 5.91 Å². The molecule has 2 aliphatic rings. The summed E-state index contributed by atoms with van der Waals surface area (Å²) in [5, 5.41) is 0. The fourth-order valence-electron chi connectivity index (χ4n) is 3.53. The Labute approximate surface area is 141 Å². The highest BCUT2D eigenvalue weighted by Gasteiger charge is 2.44. The number of benzene rings is 1. The Bertz CT molecular complexity index is 632. The maximum atomic E-state index is 13.0. The van der Waals surface area contributed by atoms with Gasteiger partial charge in [-0.05, 0) is 44.5 Å². The number of ether oxygens (including phenoxy) is 1. The number of halogens is 1. The van der Waals surface area contributed by atoms with Crippen molar-refractivity contribution in [1.29, 1.82) is 0 Å². The Morgan fingerprint density at radius 2 is 1.96 bits per heavy atom. The number of nitrogens with zero attached hydrogens (tertiary/aromatic N) is 2. The van der Waals surface area contributed by atoms with Crippen LogP contribution in [0.15, 0.2) is 24.3 Å². The van der Waals surface area contributed by atoms with Gasteiger partial charge in [-0.15, -0.1) is 0 Å². The van der Waals surface area contributed by atoms with Crippen molar-refractivity contribution in [3.63, 3.8) is 0 Å². The van der Waals surface area contributed by atoms with E-state index in [1.807, 2.05) is 18.7 Å². The van der Waals surface area contributed by atoms with Crippen LogP contribution in [0.3, 0.4) is 0 Å². The van der Waals surface area contributed by atoms with Crippen LogP contribution in [-0.2, 0) is 9.53 Å². The van der Waals surface area contributed by atoms with E-state index >= 15 is 0 Å². The zero-order valence-corrected chi connectivity index (χ0v) is 14.1. The number of likely N-dealkylation sites (tertiary alicyclic amines) is 1. The van der Waals surface area contributed by atoms with E-state index in [-0.39, 0.29) is 35.7 Å². The molecule has 1 atom stereocenters. The molecule has 1 unspecified atom stereocenters. The Kier molecular flexibility index (Phi) is 4.58. The normalized spacial score (nSPS) is 24.8. The zero-order chi connectivity index (χ0) is 17.3. The smallest absolute Gasteiger partial charge is 0.253 e. The molecule has 2 saturated heterocycles. The molecule has 3 rings (SSSR count). The Hall–Kier alpha value is -1.95. The molecular formula is C18H23FN2O3. The van der Waals surface area contributed by atoms with E-state index in [0.29, 0.717) is 31.8 Å². The SMILES string of the molecule is CC(C)N1CC2(CCN(C(=O)c3ccc(F)cc3)C2)COCC1=O. The van der Waals surface area contributed by atoms with Crippen LogP contribution >= 0.6 is 0 Å². The lowest BCUT2D eigenvalue weighted by atomic mass is 9.87. The minimum absolute atomic E-state index is 0.00480. The van der Waals surface area contributed by atoms with Crippen molar-refractivity contribution < 1.29 is 18.7 Å². The van der Waals surface area contributed by atoms with Crippen LogP contribution < -0.4 is 0 Å². The molecule has 2 heterocycles. The first-order chi connectivity index (χ1) is 11.4. The lowest BCUT2D eigenvalue weighted by Gasteiger charge is -2.34. The van der Waals surface area contributed by atoms with Crippen molar-refractivity contribution in [2.75, 3.05) is 32.8 Å². The lowest BCUT2D eigenvalue weighted by molar-refractivity contribution is -0.135. The molecular weight excluding hydrogens is 311 g/mol. The Balaban J connectivity index is 1.74. The second-order valence-electron chi connectivity index (χ2n) is 7.09. The van der Waals surface area contributed by atoms with Crippen LogP contribution in [0.4, 0.5) is 4.39 Å². The fraction of sp³-hybridized carbons (Fsp3) is 0.556. The molecule has 130 valence electrons. The van der Waals surface area contributed by atoms with Crippen LogP contribution in [0, 0.1) is 11.2 Å². The average Bonchev–Trinajstić information content (AvgIpc) is 2.88. The van der Waals surface area contributed by atoms with Gasteiger partial charge in [-0.25, -0.2) is 4.39 Å². The number of carbonyl (C=O) groups excluding carboxylic acids is 2. The first kappa shape index (κ1) is 16.9. The molecule has 24 heavy (non-hydrogen) atoms. The number of hydrogen-bond donors (Lipinski definition) is 0. The van der Waals surface area contributed by atoms with E-state index in [9.17, 15) is 14.0 Å². The zero-order valence-electron chi connectivity index (χ0n) is 14.1. The topological polar surface area (TPSA) is 49.9 Å². The summed E-state index contributed by atoms with van der Waals surface area (Å²) >= 11 is 0. The molecule has 0 radical (unpaired) electrons. The van der Waals surface area contributed by atoms with E-state index in [2.05, 4.69) is 0 Å². The average molecular weight is 334 g/mol. The summed E-state index contributed by atoms with van der Waals surface area (Å²) in [5.41, 5.74) is 0.270. The number of hydrogen-bond acceptors (Lipinski definition) is 3. The third kappa shape index (κ3) is 3.29. The first-order valence-electron chi connectivity index (χ1n) is 8.32. The molecule has 1 aromatic carbocycles. The summed E-state index contributed by atoms with van der Waals surface area (Å²) in [6, 6.07) is 5.73. The van der Waals surface area contributed by atoms with Gasteiger partial charge in [-0.1, -0.05) is 0 Å². The highest BCUT2D eigenvalue weighted by molar-refractivity contribution is 5.94. The van der Waals surface area contributed by atoms with Gasteiger partial charge >= 0.3 is 0 Å². The van der Waals surface area contributed by atoms with E-state index in [4.69, 9.17) is 4.74 Å². The summed E-state index contributed by atoms with van der Waals surface area (Å²) in [5.74, 6) is -0.448. The van der Waals surface area contributed by atoms with Crippen molar-refractivity contribution >= 4 is 11.8 Å². The van der Waals surface area contributed by atoms with Gasteiger partial charge < -0.3 is 14.5 Å². The predicted molar refractivity (Wildman–Crippen MR) is 87.0 cm³/mol. The van der Waals surface area contributed by atoms with Crippen molar-refractivity contribution in [2.45, 2.75) is 26.3 Å². The molecule has 0 saturated carbocycles. The number of amides is 2. The molecule has 0 aromatic heterocycles. The highest BCUT2D eigenvalue weighted by atomic mass is 19.1. The summed E-state index contributed by atoms with van der Waals surface area (Å²) in [6.45, 7) is 6.36. The number of rotatable bonds is 2. The van der Waals surface area contributed by atoms with Gasteiger partial charge in [-0.2, -0.15) is 0 Å². The predicted octanol–water partition coefficient (Wildman–Crippen LogP) is 1.93. The van der Waals surface area contributed by atoms with Gasteiger partial charge in [0.15, 0.2) is 0 Å². The second-order valence-corrected chi connectivity index (χ2v) is 7.09. The first-order valence-corrected chi connectivity index (χ1v) is 8.32. The van der Waals surface area contributed by atoms with Gasteiger partial charge in [0.2, 0.25) is 5.91 Å². The standard InChI is InChI=1S/C18H23FN2O3/c1-13(2)21-11-18(12-24-9-16(21)22)7-8-20(10-18)17(23)14-3-5-15(19)6-4-14/h3-6,13H,7-12H2,1-2H3. The second kappa shape index (κ2) is 6.51. The summed E-state index contributed by atoms with van der Waals surface area (Å²) in [6.07, 6.45) is 0.802. The minimum atomic E-state index is -0.354. The Morgan fingerprint density at radius 3 is 2.62 bits per heavy atom. The highest BCUT2D eigenvalue weighted by Crippen LogP contribution is 2.35. The molecule has 5 nitrogen and oxygen atoms in total. The van der Waals surface area contributed by atoms with Gasteiger partial charge in [0, 0.05) is 36.7 Å². The van der Waals surface area contributed by atoms with Gasteiger partial charge in [-0.3, -0.25) is 9.59 Å². The van der Waals surface area contributed by atoms with Crippen molar-refractivity contribution in [3.8, 4) is 0 Å². The largest absolute Gasteiger partial charge is 0.371 e. The summed E-state index contributed by atoms with van der Waals surface area (Å²) in [4.78, 5) is 28.4. The summed E-state index contributed by atoms with van der Waals surface area (Å²) < 4.78 is 18.6. The van der Waals surface area contributed by atoms with Crippen LogP contribution in [0.1, 0.15) is 30.6 Å². The maximum absolute atomic E-state index is 13.0. The third-order valence-electron chi connectivity index (χ3n) is 4.90. The monoisotopic (exact) mass is 334 g/mol. The molecule has 2 fully saturated rings.